The van der Waals surface area contributed by atoms with Gasteiger partial charge in [-0.2, -0.15) is 10.2 Å². The van der Waals surface area contributed by atoms with Crippen LogP contribution in [-0.4, -0.2) is 39.3 Å². The Labute approximate surface area is 166 Å². The zero-order valence-electron chi connectivity index (χ0n) is 15.0. The molecule has 0 fully saturated rings. The average molecular weight is 397 g/mol. The molecule has 28 heavy (non-hydrogen) atoms. The molecule has 0 radical (unpaired) electrons. The summed E-state index contributed by atoms with van der Waals surface area (Å²) in [7, 11) is 0. The van der Waals surface area contributed by atoms with Crippen LogP contribution >= 0.6 is 11.6 Å². The maximum Gasteiger partial charge on any atom is 0.259 e. The molecule has 2 aromatic heterocycles. The molecule has 2 heterocycles. The van der Waals surface area contributed by atoms with Gasteiger partial charge < -0.3 is 5.32 Å². The highest BCUT2D eigenvalue weighted by molar-refractivity contribution is 6.32. The van der Waals surface area contributed by atoms with Crippen molar-refractivity contribution < 1.29 is 9.59 Å². The number of pyridine rings is 1. The minimum absolute atomic E-state index is 0.214. The predicted molar refractivity (Wildman–Crippen MR) is 106 cm³/mol. The first kappa shape index (κ1) is 19.2. The van der Waals surface area contributed by atoms with Crippen LogP contribution in [0.3, 0.4) is 0 Å². The Balaban J connectivity index is 1.58. The highest BCUT2D eigenvalue weighted by Crippen LogP contribution is 2.21. The number of halogens is 1. The van der Waals surface area contributed by atoms with E-state index < -0.39 is 5.91 Å². The number of carbonyl (C=O) groups excluding carboxylic acids is 2. The third kappa shape index (κ3) is 4.60. The molecule has 0 aliphatic heterocycles. The summed E-state index contributed by atoms with van der Waals surface area (Å²) < 4.78 is 1.59. The van der Waals surface area contributed by atoms with E-state index in [1.54, 1.807) is 23.7 Å². The molecule has 2 amide bonds. The molecular weight excluding hydrogens is 380 g/mol. The first-order chi connectivity index (χ1) is 13.6. The predicted octanol–water partition coefficient (Wildman–Crippen LogP) is 2.11. The SMILES string of the molecule is Cc1nn(-c2ccccc2)c(Cl)c1C=NNC(=O)CNC(=O)c1ccncc1. The van der Waals surface area contributed by atoms with E-state index >= 15 is 0 Å². The van der Waals surface area contributed by atoms with Crippen molar-refractivity contribution in [1.82, 2.24) is 25.5 Å². The number of nitrogens with one attached hydrogen (secondary N) is 2. The molecule has 0 atom stereocenters. The lowest BCUT2D eigenvalue weighted by atomic mass is 10.2. The summed E-state index contributed by atoms with van der Waals surface area (Å²) in [5, 5.41) is 11.2. The maximum atomic E-state index is 11.9. The van der Waals surface area contributed by atoms with E-state index in [1.807, 2.05) is 30.3 Å². The lowest BCUT2D eigenvalue weighted by Crippen LogP contribution is -2.34. The molecule has 0 saturated carbocycles. The number of nitrogens with zero attached hydrogens (tertiary/aromatic N) is 4. The smallest absolute Gasteiger partial charge is 0.259 e. The molecule has 2 N–H and O–H groups in total. The second-order valence-corrected chi connectivity index (χ2v) is 6.11. The van der Waals surface area contributed by atoms with Crippen molar-refractivity contribution in [2.24, 2.45) is 5.10 Å². The Morgan fingerprint density at radius 2 is 1.89 bits per heavy atom. The zero-order chi connectivity index (χ0) is 19.9. The van der Waals surface area contributed by atoms with Crippen molar-refractivity contribution >= 4 is 29.6 Å². The maximum absolute atomic E-state index is 11.9. The summed E-state index contributed by atoms with van der Waals surface area (Å²) >= 11 is 6.38. The van der Waals surface area contributed by atoms with Gasteiger partial charge in [-0.15, -0.1) is 0 Å². The van der Waals surface area contributed by atoms with E-state index in [2.05, 4.69) is 25.9 Å². The molecular formula is C19H17ClN6O2. The van der Waals surface area contributed by atoms with Gasteiger partial charge in [-0.1, -0.05) is 29.8 Å². The number of hydrazone groups is 1. The van der Waals surface area contributed by atoms with Gasteiger partial charge in [-0.3, -0.25) is 14.6 Å². The molecule has 0 aliphatic carbocycles. The highest BCUT2D eigenvalue weighted by atomic mass is 35.5. The molecule has 3 rings (SSSR count). The largest absolute Gasteiger partial charge is 0.343 e. The third-order valence-electron chi connectivity index (χ3n) is 3.78. The molecule has 1 aromatic carbocycles. The second kappa shape index (κ2) is 8.92. The van der Waals surface area contributed by atoms with Crippen LogP contribution in [0.4, 0.5) is 0 Å². The number of rotatable bonds is 6. The van der Waals surface area contributed by atoms with Gasteiger partial charge >= 0.3 is 0 Å². The lowest BCUT2D eigenvalue weighted by Gasteiger charge is -2.03. The van der Waals surface area contributed by atoms with E-state index in [4.69, 9.17) is 11.6 Å². The monoisotopic (exact) mass is 396 g/mol. The van der Waals surface area contributed by atoms with Gasteiger partial charge in [0.25, 0.3) is 11.8 Å². The summed E-state index contributed by atoms with van der Waals surface area (Å²) in [6.45, 7) is 1.58. The quantitative estimate of drug-likeness (QED) is 0.492. The third-order valence-corrected chi connectivity index (χ3v) is 4.15. The summed E-state index contributed by atoms with van der Waals surface area (Å²) in [5.41, 5.74) is 4.84. The molecule has 0 saturated heterocycles. The van der Waals surface area contributed by atoms with Gasteiger partial charge in [0.05, 0.1) is 29.7 Å². The number of aryl methyl sites for hydroxylation is 1. The van der Waals surface area contributed by atoms with Crippen LogP contribution in [-0.2, 0) is 4.79 Å². The Morgan fingerprint density at radius 1 is 1.18 bits per heavy atom. The van der Waals surface area contributed by atoms with Crippen LogP contribution in [0.1, 0.15) is 21.6 Å². The number of carbonyl (C=O) groups is 2. The topological polar surface area (TPSA) is 101 Å². The van der Waals surface area contributed by atoms with Gasteiger partial charge in [0.1, 0.15) is 5.15 Å². The van der Waals surface area contributed by atoms with Crippen molar-refractivity contribution in [2.45, 2.75) is 6.92 Å². The van der Waals surface area contributed by atoms with Crippen LogP contribution in [0.5, 0.6) is 0 Å². The number of benzene rings is 1. The first-order valence-corrected chi connectivity index (χ1v) is 8.74. The second-order valence-electron chi connectivity index (χ2n) is 5.75. The molecule has 0 bridgehead atoms. The summed E-state index contributed by atoms with van der Waals surface area (Å²) in [6, 6.07) is 12.5. The minimum atomic E-state index is -0.470. The van der Waals surface area contributed by atoms with Gasteiger partial charge in [-0.05, 0) is 31.2 Å². The summed E-state index contributed by atoms with van der Waals surface area (Å²) in [4.78, 5) is 27.6. The van der Waals surface area contributed by atoms with Crippen molar-refractivity contribution in [1.29, 1.82) is 0 Å². The highest BCUT2D eigenvalue weighted by Gasteiger charge is 2.13. The lowest BCUT2D eigenvalue weighted by molar-refractivity contribution is -0.120. The fraction of sp³-hybridized carbons (Fsp3) is 0.105. The van der Waals surface area contributed by atoms with Crippen LogP contribution in [0.25, 0.3) is 5.69 Å². The molecule has 0 aliphatic rings. The van der Waals surface area contributed by atoms with Gasteiger partial charge in [0.15, 0.2) is 0 Å². The van der Waals surface area contributed by atoms with E-state index in [0.29, 0.717) is 22.0 Å². The van der Waals surface area contributed by atoms with Gasteiger partial charge in [-0.25, -0.2) is 10.1 Å². The first-order valence-electron chi connectivity index (χ1n) is 8.37. The number of para-hydroxylation sites is 1. The van der Waals surface area contributed by atoms with Crippen molar-refractivity contribution in [3.05, 3.63) is 76.8 Å². The summed E-state index contributed by atoms with van der Waals surface area (Å²) in [5.74, 6) is -0.840. The standard InChI is InChI=1S/C19H17ClN6O2/c1-13-16(18(20)26(25-13)15-5-3-2-4-6-15)11-23-24-17(27)12-22-19(28)14-7-9-21-10-8-14/h2-11H,12H2,1H3,(H,22,28)(H,24,27). The van der Waals surface area contributed by atoms with Crippen molar-refractivity contribution in [3.8, 4) is 5.69 Å². The van der Waals surface area contributed by atoms with Gasteiger partial charge in [0.2, 0.25) is 0 Å². The Morgan fingerprint density at radius 3 is 2.61 bits per heavy atom. The fourth-order valence-electron chi connectivity index (χ4n) is 2.37. The van der Waals surface area contributed by atoms with Gasteiger partial charge in [0, 0.05) is 18.0 Å². The number of hydrogen-bond acceptors (Lipinski definition) is 5. The average Bonchev–Trinajstić information content (AvgIpc) is 3.01. The number of amides is 2. The molecule has 9 heteroatoms. The zero-order valence-corrected chi connectivity index (χ0v) is 15.7. The molecule has 142 valence electrons. The Kier molecular flexibility index (Phi) is 6.13. The number of aromatic nitrogens is 3. The van der Waals surface area contributed by atoms with E-state index in [0.717, 1.165) is 5.69 Å². The molecule has 8 nitrogen and oxygen atoms in total. The van der Waals surface area contributed by atoms with Crippen LogP contribution in [0.2, 0.25) is 5.15 Å². The van der Waals surface area contributed by atoms with E-state index in [1.165, 1.54) is 18.6 Å². The Bertz CT molecular complexity index is 1000. The van der Waals surface area contributed by atoms with Crippen molar-refractivity contribution in [3.63, 3.8) is 0 Å². The fourth-order valence-corrected chi connectivity index (χ4v) is 2.69. The molecule has 3 aromatic rings. The van der Waals surface area contributed by atoms with Crippen LogP contribution in [0.15, 0.2) is 60.0 Å². The van der Waals surface area contributed by atoms with Crippen LogP contribution in [0, 0.1) is 6.92 Å². The summed E-state index contributed by atoms with van der Waals surface area (Å²) in [6.07, 6.45) is 4.43. The van der Waals surface area contributed by atoms with Crippen LogP contribution < -0.4 is 10.7 Å². The normalized spacial score (nSPS) is 10.8. The van der Waals surface area contributed by atoms with E-state index in [-0.39, 0.29) is 12.5 Å². The molecule has 0 spiro atoms. The van der Waals surface area contributed by atoms with E-state index in [9.17, 15) is 9.59 Å². The molecule has 0 unspecified atom stereocenters. The number of hydrogen-bond donors (Lipinski definition) is 2. The Hall–Kier alpha value is -3.52. The minimum Gasteiger partial charge on any atom is -0.343 e. The van der Waals surface area contributed by atoms with Crippen molar-refractivity contribution in [2.75, 3.05) is 6.54 Å².